The normalized spacial score (nSPS) is 26.3. The lowest BCUT2D eigenvalue weighted by Crippen LogP contribution is -2.19. The predicted octanol–water partition coefficient (Wildman–Crippen LogP) is 3.17. The van der Waals surface area contributed by atoms with Crippen molar-refractivity contribution < 1.29 is 0 Å². The van der Waals surface area contributed by atoms with Crippen molar-refractivity contribution >= 4 is 0 Å². The number of hydrogen-bond donors (Lipinski definition) is 1. The second-order valence-corrected chi connectivity index (χ2v) is 4.74. The highest BCUT2D eigenvalue weighted by molar-refractivity contribution is 5.27. The Balaban J connectivity index is 2.18. The van der Waals surface area contributed by atoms with E-state index in [1.54, 1.807) is 0 Å². The first-order chi connectivity index (χ1) is 7.26. The number of benzene rings is 1. The summed E-state index contributed by atoms with van der Waals surface area (Å²) in [7, 11) is 2.08. The maximum Gasteiger partial charge on any atom is 0.0348 e. The highest BCUT2D eigenvalue weighted by Crippen LogP contribution is 2.46. The summed E-state index contributed by atoms with van der Waals surface area (Å²) in [6.45, 7) is 4.56. The maximum absolute atomic E-state index is 3.46. The Morgan fingerprint density at radius 1 is 1.47 bits per heavy atom. The van der Waals surface area contributed by atoms with Crippen LogP contribution in [0.2, 0.25) is 0 Å². The van der Waals surface area contributed by atoms with E-state index in [-0.39, 0.29) is 0 Å². The van der Waals surface area contributed by atoms with Gasteiger partial charge < -0.3 is 5.32 Å². The average Bonchev–Trinajstić information content (AvgIpc) is 2.97. The minimum atomic E-state index is 0.562. The topological polar surface area (TPSA) is 12.0 Å². The fourth-order valence-electron chi connectivity index (χ4n) is 2.45. The lowest BCUT2D eigenvalue weighted by Gasteiger charge is -2.17. The van der Waals surface area contributed by atoms with Crippen LogP contribution in [0.25, 0.3) is 0 Å². The quantitative estimate of drug-likeness (QED) is 0.792. The third-order valence-electron chi connectivity index (χ3n) is 3.63. The van der Waals surface area contributed by atoms with Gasteiger partial charge in [0.2, 0.25) is 0 Å². The van der Waals surface area contributed by atoms with E-state index in [1.807, 2.05) is 0 Å². The molecule has 0 bridgehead atoms. The zero-order chi connectivity index (χ0) is 10.8. The predicted molar refractivity (Wildman–Crippen MR) is 64.9 cm³/mol. The molecular weight excluding hydrogens is 182 g/mol. The largest absolute Gasteiger partial charge is 0.313 e. The van der Waals surface area contributed by atoms with Crippen molar-refractivity contribution in [1.29, 1.82) is 0 Å². The van der Waals surface area contributed by atoms with Crippen LogP contribution < -0.4 is 5.32 Å². The fourth-order valence-corrected chi connectivity index (χ4v) is 2.45. The van der Waals surface area contributed by atoms with E-state index >= 15 is 0 Å². The van der Waals surface area contributed by atoms with Crippen LogP contribution in [0.4, 0.5) is 0 Å². The van der Waals surface area contributed by atoms with Crippen molar-refractivity contribution in [2.45, 2.75) is 32.7 Å². The summed E-state index contributed by atoms with van der Waals surface area (Å²) < 4.78 is 0. The Bertz CT molecular complexity index is 332. The van der Waals surface area contributed by atoms with Crippen molar-refractivity contribution in [3.8, 4) is 0 Å². The van der Waals surface area contributed by atoms with Gasteiger partial charge in [0.1, 0.15) is 0 Å². The number of hydrogen-bond acceptors (Lipinski definition) is 1. The molecule has 1 saturated carbocycles. The summed E-state index contributed by atoms with van der Waals surface area (Å²) in [5, 5.41) is 3.46. The van der Waals surface area contributed by atoms with Crippen molar-refractivity contribution in [3.63, 3.8) is 0 Å². The molecule has 0 aromatic heterocycles. The zero-order valence-electron chi connectivity index (χ0n) is 9.96. The third kappa shape index (κ3) is 2.23. The fraction of sp³-hybridized carbons (Fsp3) is 0.571. The Kier molecular flexibility index (Phi) is 3.11. The minimum absolute atomic E-state index is 0.562. The van der Waals surface area contributed by atoms with Gasteiger partial charge in [0.05, 0.1) is 0 Å². The van der Waals surface area contributed by atoms with E-state index in [2.05, 4.69) is 50.5 Å². The van der Waals surface area contributed by atoms with Crippen molar-refractivity contribution in [2.24, 2.45) is 11.8 Å². The summed E-state index contributed by atoms with van der Waals surface area (Å²) in [5.74, 6) is 1.75. The van der Waals surface area contributed by atoms with Crippen molar-refractivity contribution in [1.82, 2.24) is 5.32 Å². The van der Waals surface area contributed by atoms with Gasteiger partial charge in [0.25, 0.3) is 0 Å². The molecule has 1 nitrogen and oxygen atoms in total. The summed E-state index contributed by atoms with van der Waals surface area (Å²) >= 11 is 0. The molecule has 1 heteroatoms. The molecule has 0 aliphatic heterocycles. The van der Waals surface area contributed by atoms with Gasteiger partial charge in [0, 0.05) is 6.04 Å². The molecule has 3 atom stereocenters. The third-order valence-corrected chi connectivity index (χ3v) is 3.63. The maximum atomic E-state index is 3.46. The van der Waals surface area contributed by atoms with Crippen LogP contribution in [0.1, 0.15) is 37.4 Å². The van der Waals surface area contributed by atoms with E-state index in [9.17, 15) is 0 Å². The van der Waals surface area contributed by atoms with Gasteiger partial charge in [-0.3, -0.25) is 0 Å². The van der Waals surface area contributed by atoms with Crippen LogP contribution in [0.3, 0.4) is 0 Å². The summed E-state index contributed by atoms with van der Waals surface area (Å²) in [6.07, 6.45) is 2.51. The first kappa shape index (κ1) is 10.7. The van der Waals surface area contributed by atoms with Gasteiger partial charge in [-0.2, -0.15) is 0 Å². The average molecular weight is 203 g/mol. The molecule has 1 fully saturated rings. The number of aryl methyl sites for hydroxylation is 1. The smallest absolute Gasteiger partial charge is 0.0348 e. The molecular formula is C14H21N. The van der Waals surface area contributed by atoms with E-state index in [1.165, 1.54) is 17.5 Å². The Labute approximate surface area is 92.9 Å². The molecule has 1 aromatic rings. The molecule has 0 heterocycles. The molecule has 2 rings (SSSR count). The van der Waals surface area contributed by atoms with Gasteiger partial charge in [-0.1, -0.05) is 38.1 Å². The molecule has 1 aliphatic carbocycles. The molecule has 0 spiro atoms. The van der Waals surface area contributed by atoms with Crippen LogP contribution in [0.5, 0.6) is 0 Å². The van der Waals surface area contributed by atoms with Crippen LogP contribution in [0, 0.1) is 11.8 Å². The Morgan fingerprint density at radius 2 is 2.20 bits per heavy atom. The van der Waals surface area contributed by atoms with Crippen LogP contribution >= 0.6 is 0 Å². The standard InChI is InChI=1S/C14H21N/c1-4-11-6-5-7-12(9-11)14(15-3)13-8-10(13)2/h5-7,9-10,13-15H,4,8H2,1-3H3. The monoisotopic (exact) mass is 203 g/mol. The van der Waals surface area contributed by atoms with Crippen LogP contribution in [-0.4, -0.2) is 7.05 Å². The second-order valence-electron chi connectivity index (χ2n) is 4.74. The molecule has 0 radical (unpaired) electrons. The lowest BCUT2D eigenvalue weighted by atomic mass is 9.98. The van der Waals surface area contributed by atoms with Gasteiger partial charge in [-0.05, 0) is 42.9 Å². The molecule has 15 heavy (non-hydrogen) atoms. The molecule has 0 saturated heterocycles. The first-order valence-electron chi connectivity index (χ1n) is 6.02. The van der Waals surface area contributed by atoms with Gasteiger partial charge in [-0.15, -0.1) is 0 Å². The van der Waals surface area contributed by atoms with E-state index in [0.29, 0.717) is 6.04 Å². The first-order valence-corrected chi connectivity index (χ1v) is 6.02. The molecule has 3 unspecified atom stereocenters. The number of nitrogens with one attached hydrogen (secondary N) is 1. The molecule has 0 amide bonds. The highest BCUT2D eigenvalue weighted by Gasteiger charge is 2.39. The summed E-state index contributed by atoms with van der Waals surface area (Å²) in [6, 6.07) is 9.57. The zero-order valence-corrected chi connectivity index (χ0v) is 9.96. The van der Waals surface area contributed by atoms with E-state index < -0.39 is 0 Å². The van der Waals surface area contributed by atoms with Gasteiger partial charge in [0.15, 0.2) is 0 Å². The SMILES string of the molecule is CCc1cccc(C(NC)C2CC2C)c1. The van der Waals surface area contributed by atoms with Gasteiger partial charge >= 0.3 is 0 Å². The summed E-state index contributed by atoms with van der Waals surface area (Å²) in [5.41, 5.74) is 2.91. The van der Waals surface area contributed by atoms with Crippen molar-refractivity contribution in [2.75, 3.05) is 7.05 Å². The molecule has 1 aromatic carbocycles. The number of rotatable bonds is 4. The Morgan fingerprint density at radius 3 is 2.73 bits per heavy atom. The highest BCUT2D eigenvalue weighted by atomic mass is 14.9. The van der Waals surface area contributed by atoms with E-state index in [0.717, 1.165) is 18.3 Å². The lowest BCUT2D eigenvalue weighted by molar-refractivity contribution is 0.504. The molecule has 1 aliphatic rings. The second kappa shape index (κ2) is 4.36. The van der Waals surface area contributed by atoms with Crippen LogP contribution in [0.15, 0.2) is 24.3 Å². The minimum Gasteiger partial charge on any atom is -0.313 e. The van der Waals surface area contributed by atoms with Gasteiger partial charge in [-0.25, -0.2) is 0 Å². The van der Waals surface area contributed by atoms with Crippen LogP contribution in [-0.2, 0) is 6.42 Å². The van der Waals surface area contributed by atoms with E-state index in [4.69, 9.17) is 0 Å². The molecule has 1 N–H and O–H groups in total. The van der Waals surface area contributed by atoms with Crippen molar-refractivity contribution in [3.05, 3.63) is 35.4 Å². The summed E-state index contributed by atoms with van der Waals surface area (Å²) in [4.78, 5) is 0. The Hall–Kier alpha value is -0.820. The molecule has 82 valence electrons.